The summed E-state index contributed by atoms with van der Waals surface area (Å²) in [5.74, 6) is 1.95. The zero-order valence-electron chi connectivity index (χ0n) is 12.2. The number of carbonyl (C=O) groups is 1. The van der Waals surface area contributed by atoms with E-state index in [9.17, 15) is 4.79 Å². The molecule has 0 aromatic heterocycles. The monoisotopic (exact) mass is 258 g/mol. The standard InChI is InChI=1S/C17H22O2/c1-9-5-6-13-14-8-10(2)11(3)12(4)16(14)19-17(18)15(13)7-9/h8-9,13,15H,5-7H2,1-4H3. The predicted octanol–water partition coefficient (Wildman–Crippen LogP) is 4.05. The number of hydrogen-bond donors (Lipinski definition) is 0. The summed E-state index contributed by atoms with van der Waals surface area (Å²) in [4.78, 5) is 12.3. The van der Waals surface area contributed by atoms with Crippen LogP contribution in [0.3, 0.4) is 0 Å². The second-order valence-corrected chi connectivity index (χ2v) is 6.41. The van der Waals surface area contributed by atoms with E-state index in [2.05, 4.69) is 33.8 Å². The fraction of sp³-hybridized carbons (Fsp3) is 0.588. The number of fused-ring (bicyclic) bond motifs is 3. The van der Waals surface area contributed by atoms with Crippen LogP contribution in [-0.2, 0) is 4.79 Å². The molecule has 1 aromatic carbocycles. The van der Waals surface area contributed by atoms with Gasteiger partial charge in [0.15, 0.2) is 0 Å². The molecule has 0 amide bonds. The van der Waals surface area contributed by atoms with Crippen molar-refractivity contribution in [2.75, 3.05) is 0 Å². The lowest BCUT2D eigenvalue weighted by molar-refractivity contribution is -0.143. The van der Waals surface area contributed by atoms with Gasteiger partial charge in [-0.25, -0.2) is 0 Å². The zero-order valence-corrected chi connectivity index (χ0v) is 12.2. The maximum Gasteiger partial charge on any atom is 0.314 e. The van der Waals surface area contributed by atoms with Gasteiger partial charge in [-0.3, -0.25) is 4.79 Å². The Morgan fingerprint density at radius 2 is 1.84 bits per heavy atom. The van der Waals surface area contributed by atoms with Gasteiger partial charge in [-0.05, 0) is 61.8 Å². The molecule has 102 valence electrons. The fourth-order valence-electron chi connectivity index (χ4n) is 3.69. The molecular formula is C17H22O2. The van der Waals surface area contributed by atoms with Crippen LogP contribution in [0.4, 0.5) is 0 Å². The molecule has 19 heavy (non-hydrogen) atoms. The van der Waals surface area contributed by atoms with Gasteiger partial charge in [-0.2, -0.15) is 0 Å². The maximum atomic E-state index is 12.3. The maximum absolute atomic E-state index is 12.3. The van der Waals surface area contributed by atoms with Crippen molar-refractivity contribution in [3.8, 4) is 5.75 Å². The lowest BCUT2D eigenvalue weighted by Crippen LogP contribution is -2.36. The lowest BCUT2D eigenvalue weighted by atomic mass is 9.70. The van der Waals surface area contributed by atoms with Gasteiger partial charge < -0.3 is 4.74 Å². The van der Waals surface area contributed by atoms with E-state index in [1.165, 1.54) is 23.1 Å². The molecule has 1 heterocycles. The fourth-order valence-corrected chi connectivity index (χ4v) is 3.69. The molecule has 2 aliphatic rings. The summed E-state index contributed by atoms with van der Waals surface area (Å²) in [5.41, 5.74) is 4.97. The average molecular weight is 258 g/mol. The first kappa shape index (κ1) is 12.7. The minimum Gasteiger partial charge on any atom is -0.426 e. The summed E-state index contributed by atoms with van der Waals surface area (Å²) in [6.07, 6.45) is 3.32. The first-order valence-electron chi connectivity index (χ1n) is 7.31. The first-order chi connectivity index (χ1) is 8.99. The SMILES string of the molecule is Cc1cc2c(c(C)c1C)OC(=O)C1CC(C)CCC21. The molecule has 1 aromatic rings. The molecule has 1 aliphatic carbocycles. The molecule has 3 rings (SSSR count). The van der Waals surface area contributed by atoms with Crippen LogP contribution in [0.25, 0.3) is 0 Å². The van der Waals surface area contributed by atoms with Gasteiger partial charge in [0.25, 0.3) is 0 Å². The molecule has 2 nitrogen and oxygen atoms in total. The van der Waals surface area contributed by atoms with Gasteiger partial charge in [-0.15, -0.1) is 0 Å². The van der Waals surface area contributed by atoms with Crippen LogP contribution in [0.1, 0.15) is 54.4 Å². The van der Waals surface area contributed by atoms with Crippen molar-refractivity contribution >= 4 is 5.97 Å². The topological polar surface area (TPSA) is 26.3 Å². The van der Waals surface area contributed by atoms with E-state index in [0.717, 1.165) is 24.2 Å². The van der Waals surface area contributed by atoms with Crippen molar-refractivity contribution in [3.63, 3.8) is 0 Å². The number of carbonyl (C=O) groups excluding carboxylic acids is 1. The van der Waals surface area contributed by atoms with Crippen molar-refractivity contribution in [2.45, 2.75) is 52.9 Å². The van der Waals surface area contributed by atoms with E-state index < -0.39 is 0 Å². The molecule has 1 aliphatic heterocycles. The largest absolute Gasteiger partial charge is 0.426 e. The van der Waals surface area contributed by atoms with Crippen LogP contribution in [0.5, 0.6) is 5.75 Å². The third-order valence-corrected chi connectivity index (χ3v) is 5.15. The molecular weight excluding hydrogens is 236 g/mol. The van der Waals surface area contributed by atoms with Gasteiger partial charge in [-0.1, -0.05) is 19.4 Å². The van der Waals surface area contributed by atoms with Crippen molar-refractivity contribution in [2.24, 2.45) is 11.8 Å². The van der Waals surface area contributed by atoms with E-state index in [1.807, 2.05) is 0 Å². The Kier molecular flexibility index (Phi) is 2.92. The van der Waals surface area contributed by atoms with Gasteiger partial charge in [0, 0.05) is 5.92 Å². The molecule has 2 heteroatoms. The van der Waals surface area contributed by atoms with Crippen molar-refractivity contribution in [1.29, 1.82) is 0 Å². The smallest absolute Gasteiger partial charge is 0.314 e. The van der Waals surface area contributed by atoms with E-state index in [0.29, 0.717) is 11.8 Å². The zero-order chi connectivity index (χ0) is 13.7. The number of rotatable bonds is 0. The van der Waals surface area contributed by atoms with Crippen molar-refractivity contribution in [3.05, 3.63) is 28.3 Å². The highest BCUT2D eigenvalue weighted by atomic mass is 16.5. The summed E-state index contributed by atoms with van der Waals surface area (Å²) in [6, 6.07) is 2.25. The van der Waals surface area contributed by atoms with Gasteiger partial charge in [0.05, 0.1) is 5.92 Å². The van der Waals surface area contributed by atoms with E-state index in [4.69, 9.17) is 4.74 Å². The number of esters is 1. The van der Waals surface area contributed by atoms with Crippen LogP contribution in [0, 0.1) is 32.6 Å². The Bertz CT molecular complexity index is 545. The van der Waals surface area contributed by atoms with Crippen molar-refractivity contribution < 1.29 is 9.53 Å². The third kappa shape index (κ3) is 1.89. The molecule has 0 bridgehead atoms. The normalized spacial score (nSPS) is 29.5. The van der Waals surface area contributed by atoms with Crippen LogP contribution in [-0.4, -0.2) is 5.97 Å². The molecule has 0 radical (unpaired) electrons. The van der Waals surface area contributed by atoms with E-state index in [1.54, 1.807) is 0 Å². The van der Waals surface area contributed by atoms with Crippen LogP contribution < -0.4 is 4.74 Å². The molecule has 3 atom stereocenters. The van der Waals surface area contributed by atoms with Crippen LogP contribution >= 0.6 is 0 Å². The molecule has 0 spiro atoms. The Morgan fingerprint density at radius 1 is 1.11 bits per heavy atom. The number of benzene rings is 1. The third-order valence-electron chi connectivity index (χ3n) is 5.15. The summed E-state index contributed by atoms with van der Waals surface area (Å²) >= 11 is 0. The number of hydrogen-bond acceptors (Lipinski definition) is 2. The second kappa shape index (κ2) is 4.36. The average Bonchev–Trinajstić information content (AvgIpc) is 2.38. The summed E-state index contributed by atoms with van der Waals surface area (Å²) < 4.78 is 5.68. The lowest BCUT2D eigenvalue weighted by Gasteiger charge is -2.38. The Hall–Kier alpha value is -1.31. The van der Waals surface area contributed by atoms with Crippen molar-refractivity contribution in [1.82, 2.24) is 0 Å². The van der Waals surface area contributed by atoms with E-state index >= 15 is 0 Å². The first-order valence-corrected chi connectivity index (χ1v) is 7.31. The van der Waals surface area contributed by atoms with E-state index in [-0.39, 0.29) is 11.9 Å². The van der Waals surface area contributed by atoms with Gasteiger partial charge in [0.2, 0.25) is 0 Å². The van der Waals surface area contributed by atoms with Crippen LogP contribution in [0.15, 0.2) is 6.07 Å². The summed E-state index contributed by atoms with van der Waals surface area (Å²) in [7, 11) is 0. The Balaban J connectivity index is 2.12. The number of ether oxygens (including phenoxy) is 1. The molecule has 0 saturated heterocycles. The molecule has 1 fully saturated rings. The highest BCUT2D eigenvalue weighted by molar-refractivity contribution is 5.80. The Morgan fingerprint density at radius 3 is 2.58 bits per heavy atom. The Labute approximate surface area is 115 Å². The minimum atomic E-state index is -0.00426. The molecule has 3 unspecified atom stereocenters. The molecule has 0 N–H and O–H groups in total. The summed E-state index contributed by atoms with van der Waals surface area (Å²) in [6.45, 7) is 8.57. The molecule has 1 saturated carbocycles. The number of aryl methyl sites for hydroxylation is 1. The van der Waals surface area contributed by atoms with Crippen LogP contribution in [0.2, 0.25) is 0 Å². The minimum absolute atomic E-state index is 0.00426. The predicted molar refractivity (Wildman–Crippen MR) is 75.5 cm³/mol. The highest BCUT2D eigenvalue weighted by Crippen LogP contribution is 2.49. The quantitative estimate of drug-likeness (QED) is 0.518. The van der Waals surface area contributed by atoms with Gasteiger partial charge in [0.1, 0.15) is 5.75 Å². The second-order valence-electron chi connectivity index (χ2n) is 6.41. The van der Waals surface area contributed by atoms with Gasteiger partial charge >= 0.3 is 5.97 Å². The highest BCUT2D eigenvalue weighted by Gasteiger charge is 2.41. The summed E-state index contributed by atoms with van der Waals surface area (Å²) in [5, 5.41) is 0.